The Morgan fingerprint density at radius 3 is 2.56 bits per heavy atom. The zero-order valence-corrected chi connectivity index (χ0v) is 25.0. The third-order valence-electron chi connectivity index (χ3n) is 8.05. The summed E-state index contributed by atoms with van der Waals surface area (Å²) < 4.78 is 51.0. The lowest BCUT2D eigenvalue weighted by atomic mass is 9.91. The number of rotatable bonds is 6. The highest BCUT2D eigenvalue weighted by Crippen LogP contribution is 2.44. The average molecular weight is 622 g/mol. The molecule has 1 fully saturated rings. The SMILES string of the molecule is Cc1cc(C=C2COc3c(cc(Cn4ccnc4C)cc3-c3cn(C)nc3C(F)(F)F)C2=O)nc(N2CC(N(C)C(=O)O)C2)c1. The van der Waals surface area contributed by atoms with Gasteiger partial charge >= 0.3 is 12.3 Å². The molecular formula is C31H30F3N7O4. The number of aromatic nitrogens is 5. The standard InChI is InChI=1S/C31H30F3N7O4/c1-17-7-21(36-26(8-17)41-13-22(14-41)39(4)30(43)44)11-20-16-45-28-23(25-15-38(3)37-29(25)31(32,33)34)9-19(10-24(28)27(20)42)12-40-6-5-35-18(40)2/h5-11,15,22H,12-14,16H2,1-4H3,(H,43,44). The molecule has 0 radical (unpaired) electrons. The molecule has 0 atom stereocenters. The molecule has 2 aliphatic rings. The molecule has 3 aromatic heterocycles. The number of halogens is 3. The van der Waals surface area contributed by atoms with Crippen molar-refractivity contribution in [3.8, 4) is 16.9 Å². The van der Waals surface area contributed by atoms with Gasteiger partial charge in [-0.15, -0.1) is 0 Å². The van der Waals surface area contributed by atoms with Gasteiger partial charge in [-0.05, 0) is 55.3 Å². The number of hydrogen-bond donors (Lipinski definition) is 1. The molecule has 4 aromatic rings. The summed E-state index contributed by atoms with van der Waals surface area (Å²) in [5.74, 6) is 1.04. The molecular weight excluding hydrogens is 591 g/mol. The minimum Gasteiger partial charge on any atom is -0.487 e. The fourth-order valence-corrected chi connectivity index (χ4v) is 5.60. The van der Waals surface area contributed by atoms with Crippen LogP contribution in [0.4, 0.5) is 23.8 Å². The van der Waals surface area contributed by atoms with Gasteiger partial charge in [0.25, 0.3) is 0 Å². The number of carbonyl (C=O) groups is 2. The van der Waals surface area contributed by atoms with E-state index < -0.39 is 18.0 Å². The number of imidazole rings is 1. The van der Waals surface area contributed by atoms with E-state index in [1.807, 2.05) is 35.4 Å². The zero-order valence-electron chi connectivity index (χ0n) is 25.0. The van der Waals surface area contributed by atoms with Gasteiger partial charge in [-0.3, -0.25) is 9.48 Å². The Morgan fingerprint density at radius 1 is 1.16 bits per heavy atom. The van der Waals surface area contributed by atoms with Crippen LogP contribution in [-0.4, -0.2) is 79.0 Å². The Bertz CT molecular complexity index is 1850. The zero-order chi connectivity index (χ0) is 32.2. The van der Waals surface area contributed by atoms with Crippen LogP contribution in [0.2, 0.25) is 0 Å². The summed E-state index contributed by atoms with van der Waals surface area (Å²) in [7, 11) is 2.94. The van der Waals surface area contributed by atoms with Crippen LogP contribution in [0.15, 0.2) is 48.4 Å². The molecule has 0 aliphatic carbocycles. The van der Waals surface area contributed by atoms with Crippen molar-refractivity contribution < 1.29 is 32.6 Å². The largest absolute Gasteiger partial charge is 0.487 e. The van der Waals surface area contributed by atoms with Crippen molar-refractivity contribution in [2.45, 2.75) is 32.6 Å². The first-order chi connectivity index (χ1) is 21.3. The molecule has 45 heavy (non-hydrogen) atoms. The molecule has 234 valence electrons. The fourth-order valence-electron chi connectivity index (χ4n) is 5.60. The van der Waals surface area contributed by atoms with Gasteiger partial charge in [0.1, 0.15) is 24.0 Å². The van der Waals surface area contributed by atoms with Crippen molar-refractivity contribution in [2.75, 3.05) is 31.6 Å². The second kappa shape index (κ2) is 11.1. The highest BCUT2D eigenvalue weighted by atomic mass is 19.4. The number of fused-ring (bicyclic) bond motifs is 1. The molecule has 1 amide bonds. The van der Waals surface area contributed by atoms with E-state index in [0.29, 0.717) is 41.6 Å². The maximum absolute atomic E-state index is 14.0. The number of nitrogens with zero attached hydrogens (tertiary/aromatic N) is 7. The van der Waals surface area contributed by atoms with E-state index in [2.05, 4.69) is 10.1 Å². The summed E-state index contributed by atoms with van der Waals surface area (Å²) in [5.41, 5.74) is 1.30. The number of carboxylic acid groups (broad SMARTS) is 1. The molecule has 14 heteroatoms. The van der Waals surface area contributed by atoms with E-state index in [1.54, 1.807) is 30.6 Å². The Kier molecular flexibility index (Phi) is 7.37. The first-order valence-corrected chi connectivity index (χ1v) is 14.1. The van der Waals surface area contributed by atoms with Crippen LogP contribution in [0.3, 0.4) is 0 Å². The normalized spacial score (nSPS) is 16.0. The number of likely N-dealkylation sites (N-methyl/N-ethyl adjacent to an activating group) is 1. The van der Waals surface area contributed by atoms with E-state index >= 15 is 0 Å². The van der Waals surface area contributed by atoms with Crippen LogP contribution >= 0.6 is 0 Å². The minimum absolute atomic E-state index is 0.0637. The van der Waals surface area contributed by atoms with E-state index in [0.717, 1.165) is 10.2 Å². The summed E-state index contributed by atoms with van der Waals surface area (Å²) >= 11 is 0. The number of Topliss-reactive ketones (excluding diaryl/α,β-unsaturated/α-hetero) is 1. The topological polar surface area (TPSA) is 119 Å². The van der Waals surface area contributed by atoms with Crippen LogP contribution in [0.5, 0.6) is 5.75 Å². The van der Waals surface area contributed by atoms with Crippen molar-refractivity contribution in [3.05, 3.63) is 82.3 Å². The minimum atomic E-state index is -4.72. The number of anilines is 1. The third kappa shape index (κ3) is 5.75. The Hall–Kier alpha value is -5.14. The van der Waals surface area contributed by atoms with Crippen LogP contribution in [0, 0.1) is 13.8 Å². The van der Waals surface area contributed by atoms with Crippen molar-refractivity contribution in [1.82, 2.24) is 29.2 Å². The highest BCUT2D eigenvalue weighted by Gasteiger charge is 2.39. The number of alkyl halides is 3. The van der Waals surface area contributed by atoms with Crippen molar-refractivity contribution in [1.29, 1.82) is 0 Å². The van der Waals surface area contributed by atoms with Gasteiger partial charge in [0.05, 0.1) is 17.3 Å². The molecule has 5 heterocycles. The highest BCUT2D eigenvalue weighted by molar-refractivity contribution is 6.15. The predicted octanol–water partition coefficient (Wildman–Crippen LogP) is 4.82. The predicted molar refractivity (Wildman–Crippen MR) is 158 cm³/mol. The third-order valence-corrected chi connectivity index (χ3v) is 8.05. The van der Waals surface area contributed by atoms with Crippen LogP contribution in [0.25, 0.3) is 17.2 Å². The quantitative estimate of drug-likeness (QED) is 0.305. The lowest BCUT2D eigenvalue weighted by Crippen LogP contribution is -2.59. The molecule has 1 saturated heterocycles. The summed E-state index contributed by atoms with van der Waals surface area (Å²) in [6.07, 6.45) is 0.558. The Morgan fingerprint density at radius 2 is 1.89 bits per heavy atom. The van der Waals surface area contributed by atoms with Gasteiger partial charge in [0.15, 0.2) is 11.5 Å². The van der Waals surface area contributed by atoms with Crippen LogP contribution in [-0.2, 0) is 19.8 Å². The second-order valence-electron chi connectivity index (χ2n) is 11.4. The van der Waals surface area contributed by atoms with E-state index in [4.69, 9.17) is 9.72 Å². The first kappa shape index (κ1) is 29.9. The van der Waals surface area contributed by atoms with E-state index in [-0.39, 0.29) is 47.4 Å². The van der Waals surface area contributed by atoms with Gasteiger partial charge < -0.3 is 24.2 Å². The van der Waals surface area contributed by atoms with Crippen LogP contribution < -0.4 is 9.64 Å². The fraction of sp³-hybridized carbons (Fsp3) is 0.323. The van der Waals surface area contributed by atoms with Crippen LogP contribution in [0.1, 0.15) is 38.7 Å². The number of hydrogen-bond acceptors (Lipinski definition) is 7. The van der Waals surface area contributed by atoms with Gasteiger partial charge in [0.2, 0.25) is 0 Å². The molecule has 2 aliphatic heterocycles. The summed E-state index contributed by atoms with van der Waals surface area (Å²) in [6.45, 7) is 4.79. The Balaban J connectivity index is 1.38. The Labute approximate surface area is 256 Å². The second-order valence-corrected chi connectivity index (χ2v) is 11.4. The molecule has 0 saturated carbocycles. The number of ketones is 1. The van der Waals surface area contributed by atoms with E-state index in [1.165, 1.54) is 25.2 Å². The molecule has 0 spiro atoms. The summed E-state index contributed by atoms with van der Waals surface area (Å²) in [6, 6.07) is 6.79. The van der Waals surface area contributed by atoms with Crippen molar-refractivity contribution in [2.24, 2.45) is 7.05 Å². The van der Waals surface area contributed by atoms with Gasteiger partial charge in [-0.2, -0.15) is 18.3 Å². The number of pyridine rings is 1. The maximum atomic E-state index is 14.0. The smallest absolute Gasteiger partial charge is 0.435 e. The van der Waals surface area contributed by atoms with Gasteiger partial charge in [0, 0.05) is 69.0 Å². The molecule has 0 bridgehead atoms. The number of carbonyl (C=O) groups excluding carboxylic acids is 1. The number of aryl methyl sites for hydroxylation is 3. The lowest BCUT2D eigenvalue weighted by Gasteiger charge is -2.43. The summed E-state index contributed by atoms with van der Waals surface area (Å²) in [5, 5.41) is 12.9. The molecule has 0 unspecified atom stereocenters. The monoisotopic (exact) mass is 621 g/mol. The maximum Gasteiger partial charge on any atom is 0.435 e. The molecule has 6 rings (SSSR count). The molecule has 1 aromatic carbocycles. The van der Waals surface area contributed by atoms with Crippen molar-refractivity contribution >= 4 is 23.8 Å². The van der Waals surface area contributed by atoms with Gasteiger partial charge in [-0.25, -0.2) is 14.8 Å². The van der Waals surface area contributed by atoms with Gasteiger partial charge in [-0.1, -0.05) is 0 Å². The summed E-state index contributed by atoms with van der Waals surface area (Å²) in [4.78, 5) is 37.4. The molecule has 1 N–H and O–H groups in total. The first-order valence-electron chi connectivity index (χ1n) is 14.1. The van der Waals surface area contributed by atoms with Crippen molar-refractivity contribution in [3.63, 3.8) is 0 Å². The number of benzene rings is 1. The van der Waals surface area contributed by atoms with E-state index in [9.17, 15) is 27.9 Å². The number of ether oxygens (including phenoxy) is 1. The molecule has 11 nitrogen and oxygen atoms in total. The average Bonchev–Trinajstić information content (AvgIpc) is 3.53. The lowest BCUT2D eigenvalue weighted by molar-refractivity contribution is -0.141. The number of amides is 1.